The SMILES string of the molecule is O=C(CCCCCl)NCC1CCN(CC(F)(F)F)C1. The highest BCUT2D eigenvalue weighted by Gasteiger charge is 2.34. The first kappa shape index (κ1) is 16.6. The van der Waals surface area contributed by atoms with Crippen molar-refractivity contribution in [2.75, 3.05) is 32.1 Å². The Balaban J connectivity index is 2.13. The molecule has 1 unspecified atom stereocenters. The maximum atomic E-state index is 12.2. The maximum absolute atomic E-state index is 12.2. The molecule has 0 saturated carbocycles. The number of amides is 1. The minimum atomic E-state index is -4.14. The first-order chi connectivity index (χ1) is 8.90. The molecule has 1 amide bonds. The van der Waals surface area contributed by atoms with Gasteiger partial charge >= 0.3 is 6.18 Å². The first-order valence-electron chi connectivity index (χ1n) is 6.52. The van der Waals surface area contributed by atoms with Crippen LogP contribution in [0.1, 0.15) is 25.7 Å². The molecule has 0 bridgehead atoms. The van der Waals surface area contributed by atoms with Gasteiger partial charge in [-0.1, -0.05) is 0 Å². The van der Waals surface area contributed by atoms with Gasteiger partial charge in [0.25, 0.3) is 0 Å². The lowest BCUT2D eigenvalue weighted by atomic mass is 10.1. The normalized spacial score (nSPS) is 20.7. The molecular weight excluding hydrogens is 281 g/mol. The van der Waals surface area contributed by atoms with Crippen LogP contribution in [0.4, 0.5) is 13.2 Å². The molecule has 0 aliphatic carbocycles. The van der Waals surface area contributed by atoms with Crippen LogP contribution in [0, 0.1) is 5.92 Å². The molecule has 0 radical (unpaired) electrons. The second kappa shape index (κ2) is 7.94. The number of likely N-dealkylation sites (tertiary alicyclic amines) is 1. The average Bonchev–Trinajstić information content (AvgIpc) is 2.72. The molecule has 0 aromatic heterocycles. The summed E-state index contributed by atoms with van der Waals surface area (Å²) in [5, 5.41) is 2.78. The predicted molar refractivity (Wildman–Crippen MR) is 68.2 cm³/mol. The number of hydrogen-bond acceptors (Lipinski definition) is 2. The van der Waals surface area contributed by atoms with Crippen molar-refractivity contribution in [2.24, 2.45) is 5.92 Å². The summed E-state index contributed by atoms with van der Waals surface area (Å²) in [6, 6.07) is 0. The second-order valence-electron chi connectivity index (χ2n) is 4.96. The third-order valence-corrected chi connectivity index (χ3v) is 3.42. The molecule has 19 heavy (non-hydrogen) atoms. The van der Waals surface area contributed by atoms with Gasteiger partial charge in [-0.2, -0.15) is 13.2 Å². The summed E-state index contributed by atoms with van der Waals surface area (Å²) < 4.78 is 36.6. The molecule has 3 nitrogen and oxygen atoms in total. The Morgan fingerprint density at radius 2 is 2.11 bits per heavy atom. The molecule has 1 saturated heterocycles. The molecule has 1 fully saturated rings. The molecule has 0 aromatic carbocycles. The van der Waals surface area contributed by atoms with Crippen molar-refractivity contribution in [2.45, 2.75) is 31.9 Å². The highest BCUT2D eigenvalue weighted by Crippen LogP contribution is 2.22. The standard InChI is InChI=1S/C12H20ClF3N2O/c13-5-2-1-3-11(19)17-7-10-4-6-18(8-10)9-12(14,15)16/h10H,1-9H2,(H,17,19). The van der Waals surface area contributed by atoms with Gasteiger partial charge in [-0.25, -0.2) is 0 Å². The topological polar surface area (TPSA) is 32.3 Å². The Morgan fingerprint density at radius 1 is 1.37 bits per heavy atom. The summed E-state index contributed by atoms with van der Waals surface area (Å²) in [5.41, 5.74) is 0. The summed E-state index contributed by atoms with van der Waals surface area (Å²) in [4.78, 5) is 12.8. The van der Waals surface area contributed by atoms with E-state index in [2.05, 4.69) is 5.32 Å². The van der Waals surface area contributed by atoms with Crippen LogP contribution in [-0.2, 0) is 4.79 Å². The van der Waals surface area contributed by atoms with Gasteiger partial charge in [-0.05, 0) is 31.7 Å². The molecule has 1 N–H and O–H groups in total. The van der Waals surface area contributed by atoms with Gasteiger partial charge < -0.3 is 5.32 Å². The van der Waals surface area contributed by atoms with E-state index in [-0.39, 0.29) is 11.8 Å². The molecule has 1 aliphatic heterocycles. The maximum Gasteiger partial charge on any atom is 0.401 e. The van der Waals surface area contributed by atoms with Crippen LogP contribution in [-0.4, -0.2) is 49.0 Å². The van der Waals surface area contributed by atoms with Crippen LogP contribution in [0.2, 0.25) is 0 Å². The van der Waals surface area contributed by atoms with Gasteiger partial charge in [-0.3, -0.25) is 9.69 Å². The van der Waals surface area contributed by atoms with Crippen molar-refractivity contribution in [1.29, 1.82) is 0 Å². The predicted octanol–water partition coefficient (Wildman–Crippen LogP) is 2.40. The van der Waals surface area contributed by atoms with E-state index in [0.29, 0.717) is 38.4 Å². The molecule has 0 aromatic rings. The van der Waals surface area contributed by atoms with Gasteiger partial charge in [0.2, 0.25) is 5.91 Å². The summed E-state index contributed by atoms with van der Waals surface area (Å²) in [7, 11) is 0. The Bertz CT molecular complexity index is 287. The van der Waals surface area contributed by atoms with E-state index in [4.69, 9.17) is 11.6 Å². The number of rotatable bonds is 7. The third-order valence-electron chi connectivity index (χ3n) is 3.15. The largest absolute Gasteiger partial charge is 0.401 e. The Hall–Kier alpha value is -0.490. The minimum absolute atomic E-state index is 0.0422. The van der Waals surface area contributed by atoms with Crippen LogP contribution < -0.4 is 5.32 Å². The van der Waals surface area contributed by atoms with Crippen LogP contribution in [0.25, 0.3) is 0 Å². The van der Waals surface area contributed by atoms with Gasteiger partial charge in [0.1, 0.15) is 0 Å². The number of unbranched alkanes of at least 4 members (excludes halogenated alkanes) is 1. The minimum Gasteiger partial charge on any atom is -0.356 e. The van der Waals surface area contributed by atoms with Crippen molar-refractivity contribution in [3.8, 4) is 0 Å². The lowest BCUT2D eigenvalue weighted by Gasteiger charge is -2.18. The van der Waals surface area contributed by atoms with E-state index in [1.165, 1.54) is 4.90 Å². The molecule has 1 rings (SSSR count). The summed E-state index contributed by atoms with van der Waals surface area (Å²) in [5.74, 6) is 0.626. The zero-order chi connectivity index (χ0) is 14.3. The lowest BCUT2D eigenvalue weighted by Crippen LogP contribution is -2.34. The van der Waals surface area contributed by atoms with E-state index in [9.17, 15) is 18.0 Å². The van der Waals surface area contributed by atoms with E-state index in [0.717, 1.165) is 12.8 Å². The van der Waals surface area contributed by atoms with Crippen LogP contribution in [0.5, 0.6) is 0 Å². The first-order valence-corrected chi connectivity index (χ1v) is 7.06. The zero-order valence-electron chi connectivity index (χ0n) is 10.8. The quantitative estimate of drug-likeness (QED) is 0.578. The Morgan fingerprint density at radius 3 is 2.74 bits per heavy atom. The average molecular weight is 301 g/mol. The van der Waals surface area contributed by atoms with Crippen molar-refractivity contribution < 1.29 is 18.0 Å². The fraction of sp³-hybridized carbons (Fsp3) is 0.917. The van der Waals surface area contributed by atoms with Gasteiger partial charge in [0.15, 0.2) is 0 Å². The van der Waals surface area contributed by atoms with Crippen LogP contribution in [0.3, 0.4) is 0 Å². The fourth-order valence-electron chi connectivity index (χ4n) is 2.20. The Kier molecular flexibility index (Phi) is 6.93. The van der Waals surface area contributed by atoms with Gasteiger partial charge in [0.05, 0.1) is 6.54 Å². The van der Waals surface area contributed by atoms with Crippen LogP contribution >= 0.6 is 11.6 Å². The number of carbonyl (C=O) groups excluding carboxylic acids is 1. The number of nitrogens with one attached hydrogen (secondary N) is 1. The second-order valence-corrected chi connectivity index (χ2v) is 5.33. The monoisotopic (exact) mass is 300 g/mol. The summed E-state index contributed by atoms with van der Waals surface area (Å²) in [6.45, 7) is 0.467. The zero-order valence-corrected chi connectivity index (χ0v) is 11.6. The molecular formula is C12H20ClF3N2O. The summed E-state index contributed by atoms with van der Waals surface area (Å²) >= 11 is 5.51. The number of hydrogen-bond donors (Lipinski definition) is 1. The molecule has 0 spiro atoms. The van der Waals surface area contributed by atoms with Crippen molar-refractivity contribution in [1.82, 2.24) is 10.2 Å². The molecule has 1 aliphatic rings. The van der Waals surface area contributed by atoms with E-state index < -0.39 is 12.7 Å². The van der Waals surface area contributed by atoms with Gasteiger partial charge in [0, 0.05) is 25.4 Å². The third kappa shape index (κ3) is 7.62. The van der Waals surface area contributed by atoms with E-state index in [1.54, 1.807) is 0 Å². The molecule has 7 heteroatoms. The van der Waals surface area contributed by atoms with Crippen molar-refractivity contribution in [3.63, 3.8) is 0 Å². The highest BCUT2D eigenvalue weighted by molar-refractivity contribution is 6.17. The Labute approximate surface area is 116 Å². The number of alkyl halides is 4. The van der Waals surface area contributed by atoms with Crippen LogP contribution in [0.15, 0.2) is 0 Å². The molecule has 1 heterocycles. The fourth-order valence-corrected chi connectivity index (χ4v) is 2.39. The smallest absolute Gasteiger partial charge is 0.356 e. The number of carbonyl (C=O) groups is 1. The lowest BCUT2D eigenvalue weighted by molar-refractivity contribution is -0.143. The number of nitrogens with zero attached hydrogens (tertiary/aromatic N) is 1. The van der Waals surface area contributed by atoms with Crippen molar-refractivity contribution in [3.05, 3.63) is 0 Å². The van der Waals surface area contributed by atoms with Gasteiger partial charge in [-0.15, -0.1) is 11.6 Å². The number of halogens is 4. The highest BCUT2D eigenvalue weighted by atomic mass is 35.5. The van der Waals surface area contributed by atoms with E-state index >= 15 is 0 Å². The molecule has 112 valence electrons. The van der Waals surface area contributed by atoms with Crippen molar-refractivity contribution >= 4 is 17.5 Å². The van der Waals surface area contributed by atoms with E-state index in [1.807, 2.05) is 0 Å². The summed E-state index contributed by atoms with van der Waals surface area (Å²) in [6.07, 6.45) is -1.44. The molecule has 1 atom stereocenters.